The maximum Gasteiger partial charge on any atom is 0.222 e. The van der Waals surface area contributed by atoms with E-state index in [4.69, 9.17) is 0 Å². The zero-order chi connectivity index (χ0) is 12.5. The Labute approximate surface area is 101 Å². The van der Waals surface area contributed by atoms with E-state index in [0.717, 1.165) is 5.52 Å². The molecule has 0 aliphatic carbocycles. The summed E-state index contributed by atoms with van der Waals surface area (Å²) in [6.07, 6.45) is 1.56. The molecule has 0 fully saturated rings. The molecule has 0 spiro atoms. The number of para-hydroxylation sites is 1. The van der Waals surface area contributed by atoms with Crippen molar-refractivity contribution in [2.45, 2.75) is 6.54 Å². The fourth-order valence-corrected chi connectivity index (χ4v) is 1.99. The first kappa shape index (κ1) is 10.5. The molecule has 0 aliphatic heterocycles. The topological polar surface area (TPSA) is 96.2 Å². The van der Waals surface area contributed by atoms with Gasteiger partial charge in [0, 0.05) is 5.39 Å². The number of H-pyrrole nitrogens is 1. The van der Waals surface area contributed by atoms with Crippen molar-refractivity contribution in [1.29, 1.82) is 0 Å². The summed E-state index contributed by atoms with van der Waals surface area (Å²) in [5.74, 6) is -0.158. The molecule has 3 aromatic rings. The Morgan fingerprint density at radius 1 is 1.39 bits per heavy atom. The van der Waals surface area contributed by atoms with Gasteiger partial charge in [0.15, 0.2) is 5.69 Å². The molecule has 7 heteroatoms. The summed E-state index contributed by atoms with van der Waals surface area (Å²) in [6.45, 7) is 0.318. The fourth-order valence-electron chi connectivity index (χ4n) is 1.99. The second kappa shape index (κ2) is 3.95. The molecule has 7 nitrogen and oxygen atoms in total. The summed E-state index contributed by atoms with van der Waals surface area (Å²) < 4.78 is 1.57. The third-order valence-electron chi connectivity index (χ3n) is 2.79. The van der Waals surface area contributed by atoms with E-state index in [1.165, 1.54) is 0 Å². The number of rotatable bonds is 3. The van der Waals surface area contributed by atoms with Crippen LogP contribution in [0.4, 0.5) is 5.69 Å². The van der Waals surface area contributed by atoms with Crippen LogP contribution in [-0.2, 0) is 6.54 Å². The highest BCUT2D eigenvalue weighted by atomic mass is 16.3. The molecule has 3 rings (SSSR count). The van der Waals surface area contributed by atoms with E-state index in [0.29, 0.717) is 17.6 Å². The van der Waals surface area contributed by atoms with Crippen molar-refractivity contribution < 1.29 is 5.11 Å². The van der Waals surface area contributed by atoms with Crippen LogP contribution >= 0.6 is 0 Å². The molecule has 90 valence electrons. The normalized spacial score (nSPS) is 10.9. The predicted octanol–water partition coefficient (Wildman–Crippen LogP) is 1.91. The maximum absolute atomic E-state index is 10.8. The average Bonchev–Trinajstić information content (AvgIpc) is 2.98. The minimum absolute atomic E-state index is 0.0501. The lowest BCUT2D eigenvalue weighted by Crippen LogP contribution is -1.99. The number of hydrogen-bond acceptors (Lipinski definition) is 5. The van der Waals surface area contributed by atoms with Crippen molar-refractivity contribution in [1.82, 2.24) is 20.0 Å². The first-order valence-corrected chi connectivity index (χ1v) is 5.29. The van der Waals surface area contributed by atoms with E-state index >= 15 is 0 Å². The van der Waals surface area contributed by atoms with Crippen molar-refractivity contribution in [2.75, 3.05) is 0 Å². The minimum atomic E-state index is -0.158. The van der Waals surface area contributed by atoms with Gasteiger partial charge in [-0.3, -0.25) is 0 Å². The molecular weight excluding hydrogens is 234 g/mol. The zero-order valence-corrected chi connectivity index (χ0v) is 9.24. The molecule has 0 aliphatic rings. The monoisotopic (exact) mass is 243 g/mol. The van der Waals surface area contributed by atoms with Gasteiger partial charge >= 0.3 is 0 Å². The summed E-state index contributed by atoms with van der Waals surface area (Å²) in [5.41, 5.74) is 1.44. The van der Waals surface area contributed by atoms with Crippen LogP contribution in [0.3, 0.4) is 0 Å². The lowest BCUT2D eigenvalue weighted by Gasteiger charge is -2.03. The quantitative estimate of drug-likeness (QED) is 0.686. The Morgan fingerprint density at radius 2 is 2.22 bits per heavy atom. The lowest BCUT2D eigenvalue weighted by atomic mass is 10.2. The van der Waals surface area contributed by atoms with Crippen molar-refractivity contribution in [3.8, 4) is 5.88 Å². The molecule has 0 saturated heterocycles. The van der Waals surface area contributed by atoms with Gasteiger partial charge in [-0.2, -0.15) is 15.4 Å². The lowest BCUT2D eigenvalue weighted by molar-refractivity contribution is 0.429. The van der Waals surface area contributed by atoms with Gasteiger partial charge in [0.05, 0.1) is 18.3 Å². The number of nitroso groups, excluding NO2 is 1. The standard InChI is InChI=1S/C11H9N5O2/c17-11-10(14-18)8-3-1-2-4-9(8)16(11)6-7-5-12-15-13-7/h1-5,17H,6H2,(H,12,13,15). The van der Waals surface area contributed by atoms with Gasteiger partial charge in [0.1, 0.15) is 5.69 Å². The molecule has 2 heterocycles. The first-order valence-electron chi connectivity index (χ1n) is 5.29. The predicted molar refractivity (Wildman–Crippen MR) is 64.5 cm³/mol. The maximum atomic E-state index is 10.8. The van der Waals surface area contributed by atoms with Gasteiger partial charge in [0.2, 0.25) is 5.88 Å². The number of aromatic amines is 1. The van der Waals surface area contributed by atoms with Gasteiger partial charge in [-0.1, -0.05) is 18.2 Å². The van der Waals surface area contributed by atoms with Gasteiger partial charge in [-0.25, -0.2) is 0 Å². The smallest absolute Gasteiger partial charge is 0.222 e. The van der Waals surface area contributed by atoms with E-state index in [-0.39, 0.29) is 11.6 Å². The van der Waals surface area contributed by atoms with Gasteiger partial charge in [-0.05, 0) is 11.2 Å². The molecular formula is C11H9N5O2. The number of aromatic hydroxyl groups is 1. The van der Waals surface area contributed by atoms with Crippen LogP contribution in [0, 0.1) is 4.91 Å². The molecule has 0 bridgehead atoms. The number of benzene rings is 1. The molecule has 2 N–H and O–H groups in total. The van der Waals surface area contributed by atoms with Crippen LogP contribution in [0.15, 0.2) is 35.6 Å². The van der Waals surface area contributed by atoms with E-state index < -0.39 is 0 Å². The summed E-state index contributed by atoms with van der Waals surface area (Å²) in [7, 11) is 0. The fraction of sp³-hybridized carbons (Fsp3) is 0.0909. The molecule has 0 atom stereocenters. The molecule has 0 saturated carbocycles. The number of fused-ring (bicyclic) bond motifs is 1. The summed E-state index contributed by atoms with van der Waals surface area (Å²) in [4.78, 5) is 10.8. The zero-order valence-electron chi connectivity index (χ0n) is 9.24. The molecule has 0 unspecified atom stereocenters. The highest BCUT2D eigenvalue weighted by Crippen LogP contribution is 2.38. The summed E-state index contributed by atoms with van der Waals surface area (Å²) >= 11 is 0. The third-order valence-corrected chi connectivity index (χ3v) is 2.79. The molecule has 0 amide bonds. The summed E-state index contributed by atoms with van der Waals surface area (Å²) in [5, 5.41) is 23.6. The Kier molecular flexibility index (Phi) is 2.30. The Morgan fingerprint density at radius 3 is 2.94 bits per heavy atom. The van der Waals surface area contributed by atoms with Gasteiger partial charge < -0.3 is 9.67 Å². The second-order valence-corrected chi connectivity index (χ2v) is 3.83. The summed E-state index contributed by atoms with van der Waals surface area (Å²) in [6, 6.07) is 7.17. The number of hydrogen-bond donors (Lipinski definition) is 2. The van der Waals surface area contributed by atoms with Crippen LogP contribution in [0.1, 0.15) is 5.69 Å². The van der Waals surface area contributed by atoms with Crippen molar-refractivity contribution >= 4 is 16.6 Å². The van der Waals surface area contributed by atoms with Crippen LogP contribution in [0.2, 0.25) is 0 Å². The second-order valence-electron chi connectivity index (χ2n) is 3.83. The van der Waals surface area contributed by atoms with Gasteiger partial charge in [-0.15, -0.1) is 4.91 Å². The highest BCUT2D eigenvalue weighted by Gasteiger charge is 2.17. The molecule has 2 aromatic heterocycles. The Bertz CT molecular complexity index is 702. The van der Waals surface area contributed by atoms with Crippen molar-refractivity contribution in [2.24, 2.45) is 5.18 Å². The van der Waals surface area contributed by atoms with Crippen LogP contribution in [-0.4, -0.2) is 25.1 Å². The SMILES string of the molecule is O=Nc1c(O)n(Cc2cn[nH]n2)c2ccccc12. The average molecular weight is 243 g/mol. The van der Waals surface area contributed by atoms with Gasteiger partial charge in [0.25, 0.3) is 0 Å². The Balaban J connectivity index is 2.22. The van der Waals surface area contributed by atoms with Crippen molar-refractivity contribution in [3.05, 3.63) is 41.1 Å². The number of aromatic nitrogens is 4. The van der Waals surface area contributed by atoms with E-state index in [2.05, 4.69) is 20.6 Å². The molecule has 18 heavy (non-hydrogen) atoms. The first-order chi connectivity index (χ1) is 8.81. The molecule has 1 aromatic carbocycles. The largest absolute Gasteiger partial charge is 0.493 e. The highest BCUT2D eigenvalue weighted by molar-refractivity contribution is 5.95. The van der Waals surface area contributed by atoms with Crippen LogP contribution < -0.4 is 0 Å². The van der Waals surface area contributed by atoms with Crippen molar-refractivity contribution in [3.63, 3.8) is 0 Å². The van der Waals surface area contributed by atoms with Crippen LogP contribution in [0.5, 0.6) is 5.88 Å². The molecule has 0 radical (unpaired) electrons. The third kappa shape index (κ3) is 1.45. The number of nitrogens with zero attached hydrogens (tertiary/aromatic N) is 4. The van der Waals surface area contributed by atoms with E-state index in [1.807, 2.05) is 12.1 Å². The van der Waals surface area contributed by atoms with E-state index in [1.54, 1.807) is 22.9 Å². The minimum Gasteiger partial charge on any atom is -0.493 e. The van der Waals surface area contributed by atoms with E-state index in [9.17, 15) is 10.0 Å². The number of nitrogens with one attached hydrogen (secondary N) is 1. The van der Waals surface area contributed by atoms with Crippen LogP contribution in [0.25, 0.3) is 10.9 Å². The Hall–Kier alpha value is -2.70.